The van der Waals surface area contributed by atoms with Crippen LogP contribution in [0.4, 0.5) is 0 Å². The molecule has 2 nitrogen and oxygen atoms in total. The number of hydrogen-bond acceptors (Lipinski definition) is 2. The van der Waals surface area contributed by atoms with Gasteiger partial charge in [-0.05, 0) is 49.4 Å². The van der Waals surface area contributed by atoms with Crippen molar-refractivity contribution >= 4 is 0 Å². The number of hydrogen-bond donors (Lipinski definition) is 0. The molecule has 0 amide bonds. The van der Waals surface area contributed by atoms with E-state index >= 15 is 0 Å². The fourth-order valence-corrected chi connectivity index (χ4v) is 4.62. The van der Waals surface area contributed by atoms with Gasteiger partial charge >= 0.3 is 0 Å². The molecule has 0 saturated heterocycles. The summed E-state index contributed by atoms with van der Waals surface area (Å²) in [5, 5.41) is 3.38. The van der Waals surface area contributed by atoms with Crippen LogP contribution >= 0.6 is 0 Å². The van der Waals surface area contributed by atoms with E-state index in [-0.39, 0.29) is 5.54 Å². The molecule has 0 radical (unpaired) electrons. The summed E-state index contributed by atoms with van der Waals surface area (Å²) >= 11 is 0. The Balaban J connectivity index is 2.03. The smallest absolute Gasteiger partial charge is 0.106 e. The van der Waals surface area contributed by atoms with Crippen LogP contribution in [0.2, 0.25) is 0 Å². The number of rotatable bonds is 1. The van der Waals surface area contributed by atoms with Gasteiger partial charge in [0, 0.05) is 0 Å². The monoisotopic (exact) mass is 165 g/mol. The zero-order valence-electron chi connectivity index (χ0n) is 7.71. The molecule has 3 saturated carbocycles. The first-order chi connectivity index (χ1) is 5.64. The van der Waals surface area contributed by atoms with Crippen LogP contribution < -0.4 is 0 Å². The lowest BCUT2D eigenvalue weighted by Crippen LogP contribution is -2.71. The van der Waals surface area contributed by atoms with Crippen LogP contribution in [0.1, 0.15) is 33.1 Å². The minimum absolute atomic E-state index is 0.179. The highest BCUT2D eigenvalue weighted by atomic mass is 16.3. The van der Waals surface area contributed by atoms with Gasteiger partial charge in [0.1, 0.15) is 5.54 Å². The summed E-state index contributed by atoms with van der Waals surface area (Å²) in [5.41, 5.74) is 0.352. The molecule has 0 heterocycles. The average molecular weight is 165 g/mol. The number of nitroso groups, excluding NO2 is 1. The predicted octanol–water partition coefficient (Wildman–Crippen LogP) is 2.58. The first-order valence-corrected chi connectivity index (χ1v) is 4.98. The Bertz CT molecular complexity index is 265. The average Bonchev–Trinajstić information content (AvgIpc) is 2.27. The molecule has 0 aliphatic heterocycles. The van der Waals surface area contributed by atoms with E-state index in [0.717, 1.165) is 5.92 Å². The Labute approximate surface area is 72.7 Å². The second-order valence-electron chi connectivity index (χ2n) is 5.30. The molecule has 0 bridgehead atoms. The molecular weight excluding hydrogens is 150 g/mol. The predicted molar refractivity (Wildman–Crippen MR) is 46.6 cm³/mol. The van der Waals surface area contributed by atoms with E-state index in [1.165, 1.54) is 19.3 Å². The van der Waals surface area contributed by atoms with Crippen molar-refractivity contribution in [2.24, 2.45) is 28.3 Å². The zero-order valence-corrected chi connectivity index (χ0v) is 7.71. The van der Waals surface area contributed by atoms with Gasteiger partial charge < -0.3 is 0 Å². The molecule has 3 aliphatic rings. The molecular formula is C10H15NO. The summed E-state index contributed by atoms with van der Waals surface area (Å²) in [6.45, 7) is 4.44. The highest BCUT2D eigenvalue weighted by molar-refractivity contribution is 5.28. The summed E-state index contributed by atoms with van der Waals surface area (Å²) in [7, 11) is 0. The van der Waals surface area contributed by atoms with Crippen LogP contribution in [0.25, 0.3) is 0 Å². The lowest BCUT2D eigenvalue weighted by Gasteiger charge is -2.70. The van der Waals surface area contributed by atoms with Crippen LogP contribution in [-0.2, 0) is 0 Å². The van der Waals surface area contributed by atoms with E-state index in [1.807, 2.05) is 0 Å². The number of nitrogens with zero attached hydrogens (tertiary/aromatic N) is 1. The molecule has 0 aromatic carbocycles. The van der Waals surface area contributed by atoms with Gasteiger partial charge in [-0.3, -0.25) is 0 Å². The van der Waals surface area contributed by atoms with Crippen molar-refractivity contribution in [1.29, 1.82) is 0 Å². The maximum Gasteiger partial charge on any atom is 0.106 e. The van der Waals surface area contributed by atoms with Gasteiger partial charge in [-0.25, -0.2) is 0 Å². The summed E-state index contributed by atoms with van der Waals surface area (Å²) in [5.74, 6) is 2.17. The molecule has 0 N–H and O–H groups in total. The summed E-state index contributed by atoms with van der Waals surface area (Å²) in [6, 6.07) is 0. The second kappa shape index (κ2) is 1.61. The van der Waals surface area contributed by atoms with E-state index in [0.29, 0.717) is 17.3 Å². The van der Waals surface area contributed by atoms with Crippen molar-refractivity contribution in [2.75, 3.05) is 0 Å². The standard InChI is InChI=1S/C10H15NO/c1-9-6-3-4-7(9)10(2,11-12)8(9)5-6/h6-8H,3-5H2,1-2H3/t6-,7?,8+,9?,10-/m1/s1. The van der Waals surface area contributed by atoms with Crippen LogP contribution in [0.15, 0.2) is 5.18 Å². The third-order valence-corrected chi connectivity index (χ3v) is 5.31. The Hall–Kier alpha value is -0.400. The van der Waals surface area contributed by atoms with Crippen molar-refractivity contribution in [3.63, 3.8) is 0 Å². The minimum atomic E-state index is -0.179. The Morgan fingerprint density at radius 3 is 2.67 bits per heavy atom. The third-order valence-electron chi connectivity index (χ3n) is 5.31. The van der Waals surface area contributed by atoms with Crippen molar-refractivity contribution in [3.8, 4) is 0 Å². The lowest BCUT2D eigenvalue weighted by molar-refractivity contribution is -0.205. The molecule has 0 aromatic rings. The van der Waals surface area contributed by atoms with Crippen LogP contribution in [0.3, 0.4) is 0 Å². The lowest BCUT2D eigenvalue weighted by atomic mass is 9.34. The minimum Gasteiger partial charge on any atom is -0.150 e. The van der Waals surface area contributed by atoms with Gasteiger partial charge in [0.25, 0.3) is 0 Å². The third kappa shape index (κ3) is 0.410. The zero-order chi connectivity index (χ0) is 8.56. The first-order valence-electron chi connectivity index (χ1n) is 4.98. The van der Waals surface area contributed by atoms with E-state index in [2.05, 4.69) is 19.0 Å². The summed E-state index contributed by atoms with van der Waals surface area (Å²) in [6.07, 6.45) is 3.87. The van der Waals surface area contributed by atoms with Gasteiger partial charge in [-0.2, -0.15) is 4.91 Å². The van der Waals surface area contributed by atoms with E-state index < -0.39 is 0 Å². The molecule has 5 atom stereocenters. The molecule has 2 heteroatoms. The van der Waals surface area contributed by atoms with Crippen LogP contribution in [0.5, 0.6) is 0 Å². The Morgan fingerprint density at radius 2 is 2.00 bits per heavy atom. The Morgan fingerprint density at radius 1 is 1.25 bits per heavy atom. The molecule has 12 heavy (non-hydrogen) atoms. The van der Waals surface area contributed by atoms with E-state index in [9.17, 15) is 4.91 Å². The van der Waals surface area contributed by atoms with Gasteiger partial charge in [-0.15, -0.1) is 0 Å². The van der Waals surface area contributed by atoms with Crippen LogP contribution in [0, 0.1) is 28.1 Å². The SMILES string of the molecule is CC12C3CC[C@@H]1C[C@@H]2[C@]3(C)N=O. The normalized spacial score (nSPS) is 66.3. The van der Waals surface area contributed by atoms with Crippen LogP contribution in [-0.4, -0.2) is 5.54 Å². The fourth-order valence-electron chi connectivity index (χ4n) is 4.62. The first kappa shape index (κ1) is 7.05. The van der Waals surface area contributed by atoms with E-state index in [4.69, 9.17) is 0 Å². The highest BCUT2D eigenvalue weighted by Gasteiger charge is 2.77. The van der Waals surface area contributed by atoms with Crippen molar-refractivity contribution in [3.05, 3.63) is 4.91 Å². The van der Waals surface area contributed by atoms with Gasteiger partial charge in [-0.1, -0.05) is 12.1 Å². The molecule has 66 valence electrons. The fraction of sp³-hybridized carbons (Fsp3) is 1.00. The molecule has 3 aliphatic carbocycles. The van der Waals surface area contributed by atoms with Gasteiger partial charge in [0.15, 0.2) is 0 Å². The molecule has 0 spiro atoms. The van der Waals surface area contributed by atoms with Crippen molar-refractivity contribution in [2.45, 2.75) is 38.6 Å². The highest BCUT2D eigenvalue weighted by Crippen LogP contribution is 2.79. The second-order valence-corrected chi connectivity index (χ2v) is 5.30. The quantitative estimate of drug-likeness (QED) is 0.549. The molecule has 2 unspecified atom stereocenters. The van der Waals surface area contributed by atoms with Crippen molar-refractivity contribution < 1.29 is 0 Å². The topological polar surface area (TPSA) is 29.4 Å². The maximum absolute atomic E-state index is 10.8. The largest absolute Gasteiger partial charge is 0.150 e. The molecule has 3 fully saturated rings. The van der Waals surface area contributed by atoms with Gasteiger partial charge in [0.2, 0.25) is 0 Å². The Kier molecular flexibility index (Phi) is 0.948. The summed E-state index contributed by atoms with van der Waals surface area (Å²) < 4.78 is 0. The summed E-state index contributed by atoms with van der Waals surface area (Å²) in [4.78, 5) is 10.8. The van der Waals surface area contributed by atoms with E-state index in [1.54, 1.807) is 0 Å². The van der Waals surface area contributed by atoms with Crippen molar-refractivity contribution in [1.82, 2.24) is 0 Å². The molecule has 0 aromatic heterocycles. The maximum atomic E-state index is 10.8. The molecule has 3 rings (SSSR count). The van der Waals surface area contributed by atoms with Gasteiger partial charge in [0.05, 0.1) is 0 Å².